The summed E-state index contributed by atoms with van der Waals surface area (Å²) >= 11 is 0. The van der Waals surface area contributed by atoms with Crippen molar-refractivity contribution < 1.29 is 15.0 Å². The highest BCUT2D eigenvalue weighted by Gasteiger charge is 2.16. The number of carboxylic acid groups (broad SMARTS) is 1. The fourth-order valence-corrected chi connectivity index (χ4v) is 1.10. The Morgan fingerprint density at radius 3 is 2.21 bits per heavy atom. The Bertz CT molecular complexity index is 299. The van der Waals surface area contributed by atoms with E-state index in [2.05, 4.69) is 5.32 Å². The number of aliphatic carboxylic acids is 1. The second kappa shape index (κ2) is 5.47. The van der Waals surface area contributed by atoms with Crippen LogP contribution in [0.15, 0.2) is 24.3 Å². The predicted octanol–water partition coefficient (Wildman–Crippen LogP) is 1.16. The smallest absolute Gasteiger partial charge is 0.325 e. The lowest BCUT2D eigenvalue weighted by atomic mass is 10.1. The first-order valence-electron chi connectivity index (χ1n) is 3.84. The molecule has 0 bridgehead atoms. The van der Waals surface area contributed by atoms with Crippen LogP contribution in [0.3, 0.4) is 0 Å². The molecule has 1 aromatic carbocycles. The SMILES string of the molecule is CN[C@@H](C(=O)O)c1ccc(O)cc1.Cl. The zero-order chi connectivity index (χ0) is 9.84. The van der Waals surface area contributed by atoms with Gasteiger partial charge in [0.25, 0.3) is 0 Å². The minimum Gasteiger partial charge on any atom is -0.508 e. The number of hydrogen-bond acceptors (Lipinski definition) is 3. The Morgan fingerprint density at radius 1 is 1.36 bits per heavy atom. The molecule has 78 valence electrons. The van der Waals surface area contributed by atoms with E-state index in [1.54, 1.807) is 19.2 Å². The molecule has 0 saturated heterocycles. The number of nitrogens with one attached hydrogen (secondary N) is 1. The number of carbonyl (C=O) groups is 1. The number of likely N-dealkylation sites (N-methyl/N-ethyl adjacent to an activating group) is 1. The van der Waals surface area contributed by atoms with Crippen molar-refractivity contribution in [2.45, 2.75) is 6.04 Å². The largest absolute Gasteiger partial charge is 0.508 e. The number of benzene rings is 1. The summed E-state index contributed by atoms with van der Waals surface area (Å²) in [5.74, 6) is -0.808. The van der Waals surface area contributed by atoms with Crippen molar-refractivity contribution in [1.82, 2.24) is 5.32 Å². The second-order valence-corrected chi connectivity index (χ2v) is 2.65. The van der Waals surface area contributed by atoms with Gasteiger partial charge >= 0.3 is 5.97 Å². The van der Waals surface area contributed by atoms with Crippen molar-refractivity contribution in [1.29, 1.82) is 0 Å². The van der Waals surface area contributed by atoms with Crippen molar-refractivity contribution in [3.8, 4) is 5.75 Å². The molecule has 0 amide bonds. The van der Waals surface area contributed by atoms with Gasteiger partial charge in [-0.3, -0.25) is 4.79 Å². The summed E-state index contributed by atoms with van der Waals surface area (Å²) in [6, 6.07) is 5.35. The molecule has 0 aliphatic heterocycles. The van der Waals surface area contributed by atoms with Crippen LogP contribution < -0.4 is 5.32 Å². The van der Waals surface area contributed by atoms with Crippen LogP contribution in [0.1, 0.15) is 11.6 Å². The van der Waals surface area contributed by atoms with E-state index >= 15 is 0 Å². The summed E-state index contributed by atoms with van der Waals surface area (Å²) in [5, 5.41) is 20.4. The van der Waals surface area contributed by atoms with E-state index in [4.69, 9.17) is 10.2 Å². The monoisotopic (exact) mass is 217 g/mol. The van der Waals surface area contributed by atoms with E-state index in [1.807, 2.05) is 0 Å². The van der Waals surface area contributed by atoms with Gasteiger partial charge in [0.1, 0.15) is 11.8 Å². The molecule has 1 aromatic rings. The topological polar surface area (TPSA) is 69.6 Å². The molecule has 0 spiro atoms. The molecule has 0 radical (unpaired) electrons. The Hall–Kier alpha value is -1.26. The van der Waals surface area contributed by atoms with Crippen molar-refractivity contribution >= 4 is 18.4 Å². The van der Waals surface area contributed by atoms with Gasteiger partial charge in [0.05, 0.1) is 0 Å². The third kappa shape index (κ3) is 2.90. The van der Waals surface area contributed by atoms with E-state index in [9.17, 15) is 4.79 Å². The molecule has 5 heteroatoms. The molecule has 4 nitrogen and oxygen atoms in total. The van der Waals surface area contributed by atoms with E-state index in [-0.39, 0.29) is 18.2 Å². The van der Waals surface area contributed by atoms with Gasteiger partial charge in [-0.1, -0.05) is 12.1 Å². The summed E-state index contributed by atoms with van der Waals surface area (Å²) in [7, 11) is 1.58. The standard InChI is InChI=1S/C9H11NO3.ClH/c1-10-8(9(12)13)6-2-4-7(11)5-3-6;/h2-5,8,10-11H,1H3,(H,12,13);1H/t8-;/m1./s1. The lowest BCUT2D eigenvalue weighted by molar-refractivity contribution is -0.139. The van der Waals surface area contributed by atoms with Gasteiger partial charge in [-0.25, -0.2) is 0 Å². The first-order chi connectivity index (χ1) is 6.15. The van der Waals surface area contributed by atoms with E-state index < -0.39 is 12.0 Å². The van der Waals surface area contributed by atoms with Crippen LogP contribution in [-0.4, -0.2) is 23.2 Å². The van der Waals surface area contributed by atoms with Crippen LogP contribution in [0.2, 0.25) is 0 Å². The Kier molecular flexibility index (Phi) is 4.97. The van der Waals surface area contributed by atoms with E-state index in [1.165, 1.54) is 12.1 Å². The molecular formula is C9H12ClNO3. The molecule has 14 heavy (non-hydrogen) atoms. The molecule has 1 atom stereocenters. The third-order valence-electron chi connectivity index (χ3n) is 1.76. The van der Waals surface area contributed by atoms with Crippen LogP contribution >= 0.6 is 12.4 Å². The summed E-state index contributed by atoms with van der Waals surface area (Å²) in [6.45, 7) is 0. The van der Waals surface area contributed by atoms with Crippen molar-refractivity contribution in [3.05, 3.63) is 29.8 Å². The van der Waals surface area contributed by atoms with Gasteiger partial charge in [0, 0.05) is 0 Å². The Labute approximate surface area is 88.0 Å². The maximum atomic E-state index is 10.7. The summed E-state index contributed by atoms with van der Waals surface area (Å²) in [5.41, 5.74) is 0.618. The number of carboxylic acids is 1. The highest BCUT2D eigenvalue weighted by atomic mass is 35.5. The van der Waals surface area contributed by atoms with Crippen LogP contribution in [-0.2, 0) is 4.79 Å². The summed E-state index contributed by atoms with van der Waals surface area (Å²) in [6.07, 6.45) is 0. The molecule has 0 aliphatic rings. The van der Waals surface area contributed by atoms with Crippen molar-refractivity contribution in [2.24, 2.45) is 0 Å². The van der Waals surface area contributed by atoms with Gasteiger partial charge in [-0.15, -0.1) is 12.4 Å². The van der Waals surface area contributed by atoms with Crippen LogP contribution in [0.5, 0.6) is 5.75 Å². The molecule has 0 aliphatic carbocycles. The molecule has 0 fully saturated rings. The molecule has 3 N–H and O–H groups in total. The number of rotatable bonds is 3. The number of phenolic OH excluding ortho intramolecular Hbond substituents is 1. The number of halogens is 1. The molecule has 0 unspecified atom stereocenters. The quantitative estimate of drug-likeness (QED) is 0.711. The van der Waals surface area contributed by atoms with Gasteiger partial charge in [0.2, 0.25) is 0 Å². The van der Waals surface area contributed by atoms with Gasteiger partial charge < -0.3 is 15.5 Å². The van der Waals surface area contributed by atoms with Gasteiger partial charge in [-0.2, -0.15) is 0 Å². The average molecular weight is 218 g/mol. The van der Waals surface area contributed by atoms with Crippen molar-refractivity contribution in [2.75, 3.05) is 7.05 Å². The lowest BCUT2D eigenvalue weighted by Crippen LogP contribution is -2.24. The normalized spacial score (nSPS) is 11.5. The number of aromatic hydroxyl groups is 1. The summed E-state index contributed by atoms with van der Waals surface area (Å²) < 4.78 is 0. The van der Waals surface area contributed by atoms with E-state index in [0.717, 1.165) is 0 Å². The minimum absolute atomic E-state index is 0. The number of hydrogen-bond donors (Lipinski definition) is 3. The first kappa shape index (κ1) is 12.7. The Balaban J connectivity index is 0.00000169. The fraction of sp³-hybridized carbons (Fsp3) is 0.222. The van der Waals surface area contributed by atoms with Crippen LogP contribution in [0, 0.1) is 0 Å². The molecule has 0 saturated carbocycles. The maximum absolute atomic E-state index is 10.7. The second-order valence-electron chi connectivity index (χ2n) is 2.65. The van der Waals surface area contributed by atoms with Crippen molar-refractivity contribution in [3.63, 3.8) is 0 Å². The third-order valence-corrected chi connectivity index (χ3v) is 1.76. The maximum Gasteiger partial charge on any atom is 0.325 e. The fourth-order valence-electron chi connectivity index (χ4n) is 1.10. The molecule has 0 heterocycles. The highest BCUT2D eigenvalue weighted by Crippen LogP contribution is 2.16. The van der Waals surface area contributed by atoms with Gasteiger partial charge in [0.15, 0.2) is 0 Å². The Morgan fingerprint density at radius 2 is 1.86 bits per heavy atom. The molecule has 1 rings (SSSR count). The number of phenols is 1. The zero-order valence-electron chi connectivity index (χ0n) is 7.60. The van der Waals surface area contributed by atoms with Crippen LogP contribution in [0.4, 0.5) is 0 Å². The molecular weight excluding hydrogens is 206 g/mol. The zero-order valence-corrected chi connectivity index (χ0v) is 8.41. The van der Waals surface area contributed by atoms with E-state index in [0.29, 0.717) is 5.56 Å². The summed E-state index contributed by atoms with van der Waals surface area (Å²) in [4.78, 5) is 10.7. The highest BCUT2D eigenvalue weighted by molar-refractivity contribution is 5.85. The minimum atomic E-state index is -0.937. The first-order valence-corrected chi connectivity index (χ1v) is 3.84. The van der Waals surface area contributed by atoms with Crippen LogP contribution in [0.25, 0.3) is 0 Å². The average Bonchev–Trinajstić information content (AvgIpc) is 2.09. The predicted molar refractivity (Wildman–Crippen MR) is 54.8 cm³/mol. The molecule has 0 aromatic heterocycles. The van der Waals surface area contributed by atoms with Gasteiger partial charge in [-0.05, 0) is 24.7 Å². The lowest BCUT2D eigenvalue weighted by Gasteiger charge is -2.10.